The molecule has 0 bridgehead atoms. The van der Waals surface area contributed by atoms with Crippen molar-refractivity contribution in [2.24, 2.45) is 5.92 Å². The van der Waals surface area contributed by atoms with E-state index in [2.05, 4.69) is 17.2 Å². The van der Waals surface area contributed by atoms with E-state index in [0.29, 0.717) is 18.9 Å². The zero-order valence-electron chi connectivity index (χ0n) is 10.3. The number of aliphatic hydroxyl groups is 1. The van der Waals surface area contributed by atoms with E-state index in [1.165, 1.54) is 12.8 Å². The number of carbonyl (C=O) groups is 1. The fraction of sp³-hybridized carbons (Fsp3) is 0.400. The van der Waals surface area contributed by atoms with Crippen LogP contribution in [0.1, 0.15) is 30.4 Å². The number of hydrogen-bond donors (Lipinski definition) is 2. The Morgan fingerprint density at radius 3 is 2.67 bits per heavy atom. The van der Waals surface area contributed by atoms with Gasteiger partial charge in [0.15, 0.2) is 0 Å². The average Bonchev–Trinajstić information content (AvgIpc) is 3.19. The first-order valence-electron chi connectivity index (χ1n) is 6.23. The van der Waals surface area contributed by atoms with Crippen LogP contribution in [0.5, 0.6) is 0 Å². The highest BCUT2D eigenvalue weighted by molar-refractivity contribution is 5.76. The van der Waals surface area contributed by atoms with Gasteiger partial charge in [-0.1, -0.05) is 24.0 Å². The molecule has 0 spiro atoms. The molecule has 1 aliphatic carbocycles. The van der Waals surface area contributed by atoms with Gasteiger partial charge in [-0.2, -0.15) is 0 Å². The molecule has 1 amide bonds. The van der Waals surface area contributed by atoms with Crippen molar-refractivity contribution < 1.29 is 9.90 Å². The van der Waals surface area contributed by atoms with Gasteiger partial charge in [0.1, 0.15) is 6.61 Å². The predicted octanol–water partition coefficient (Wildman–Crippen LogP) is 1.45. The number of aliphatic hydroxyl groups excluding tert-OH is 1. The molecule has 2 rings (SSSR count). The zero-order chi connectivity index (χ0) is 12.8. The van der Waals surface area contributed by atoms with E-state index >= 15 is 0 Å². The van der Waals surface area contributed by atoms with Gasteiger partial charge in [-0.05, 0) is 36.5 Å². The molecule has 3 heteroatoms. The van der Waals surface area contributed by atoms with Crippen molar-refractivity contribution in [2.75, 3.05) is 6.61 Å². The highest BCUT2D eigenvalue weighted by Gasteiger charge is 2.23. The molecule has 1 fully saturated rings. The van der Waals surface area contributed by atoms with Crippen molar-refractivity contribution in [3.8, 4) is 11.8 Å². The molecule has 1 aromatic rings. The lowest BCUT2D eigenvalue weighted by Crippen LogP contribution is -2.22. The molecule has 0 saturated heterocycles. The predicted molar refractivity (Wildman–Crippen MR) is 69.6 cm³/mol. The maximum absolute atomic E-state index is 11.5. The van der Waals surface area contributed by atoms with Crippen LogP contribution < -0.4 is 5.32 Å². The molecule has 18 heavy (non-hydrogen) atoms. The number of benzene rings is 1. The monoisotopic (exact) mass is 243 g/mol. The van der Waals surface area contributed by atoms with Gasteiger partial charge < -0.3 is 10.4 Å². The molecule has 0 aliphatic heterocycles. The first-order valence-corrected chi connectivity index (χ1v) is 6.23. The Morgan fingerprint density at radius 2 is 2.06 bits per heavy atom. The van der Waals surface area contributed by atoms with E-state index in [9.17, 15) is 4.79 Å². The SMILES string of the molecule is O=C(CC1CC1)NCc1ccc(C#CCO)cc1. The summed E-state index contributed by atoms with van der Waals surface area (Å²) in [5.41, 5.74) is 1.94. The molecule has 0 unspecified atom stereocenters. The van der Waals surface area contributed by atoms with Crippen molar-refractivity contribution in [3.05, 3.63) is 35.4 Å². The van der Waals surface area contributed by atoms with E-state index in [-0.39, 0.29) is 12.5 Å². The third-order valence-electron chi connectivity index (χ3n) is 2.93. The fourth-order valence-corrected chi connectivity index (χ4v) is 1.70. The minimum Gasteiger partial charge on any atom is -0.384 e. The third-order valence-corrected chi connectivity index (χ3v) is 2.93. The molecule has 1 aliphatic rings. The van der Waals surface area contributed by atoms with Crippen LogP contribution in [0.2, 0.25) is 0 Å². The smallest absolute Gasteiger partial charge is 0.220 e. The van der Waals surface area contributed by atoms with Crippen molar-refractivity contribution >= 4 is 5.91 Å². The lowest BCUT2D eigenvalue weighted by molar-refractivity contribution is -0.121. The molecule has 1 aromatic carbocycles. The second kappa shape index (κ2) is 6.23. The van der Waals surface area contributed by atoms with E-state index < -0.39 is 0 Å². The van der Waals surface area contributed by atoms with Crippen molar-refractivity contribution in [2.45, 2.75) is 25.8 Å². The second-order valence-corrected chi connectivity index (χ2v) is 4.58. The minimum absolute atomic E-state index is 0.126. The Hall–Kier alpha value is -1.79. The van der Waals surface area contributed by atoms with Gasteiger partial charge in [0.2, 0.25) is 5.91 Å². The van der Waals surface area contributed by atoms with Crippen LogP contribution >= 0.6 is 0 Å². The van der Waals surface area contributed by atoms with Gasteiger partial charge in [0.25, 0.3) is 0 Å². The van der Waals surface area contributed by atoms with Crippen LogP contribution in [-0.4, -0.2) is 17.6 Å². The van der Waals surface area contributed by atoms with Crippen LogP contribution in [-0.2, 0) is 11.3 Å². The molecular formula is C15H17NO2. The number of rotatable bonds is 4. The highest BCUT2D eigenvalue weighted by atomic mass is 16.2. The van der Waals surface area contributed by atoms with Crippen molar-refractivity contribution in [3.63, 3.8) is 0 Å². The lowest BCUT2D eigenvalue weighted by Gasteiger charge is -2.04. The Morgan fingerprint density at radius 1 is 1.33 bits per heavy atom. The van der Waals surface area contributed by atoms with Gasteiger partial charge in [-0.25, -0.2) is 0 Å². The summed E-state index contributed by atoms with van der Waals surface area (Å²) in [6.07, 6.45) is 3.07. The zero-order valence-corrected chi connectivity index (χ0v) is 10.3. The number of carbonyl (C=O) groups excluding carboxylic acids is 1. The molecule has 94 valence electrons. The highest BCUT2D eigenvalue weighted by Crippen LogP contribution is 2.32. The van der Waals surface area contributed by atoms with Crippen LogP contribution in [0.3, 0.4) is 0 Å². The standard InChI is InChI=1S/C15H17NO2/c17-9-1-2-12-3-7-14(8-4-12)11-16-15(18)10-13-5-6-13/h3-4,7-8,13,17H,5-6,9-11H2,(H,16,18). The number of hydrogen-bond acceptors (Lipinski definition) is 2. The Labute approximate surface area is 107 Å². The summed E-state index contributed by atoms with van der Waals surface area (Å²) in [7, 11) is 0. The van der Waals surface area contributed by atoms with E-state index in [0.717, 1.165) is 11.1 Å². The topological polar surface area (TPSA) is 49.3 Å². The maximum atomic E-state index is 11.5. The van der Waals surface area contributed by atoms with Crippen LogP contribution in [0.25, 0.3) is 0 Å². The largest absolute Gasteiger partial charge is 0.384 e. The summed E-state index contributed by atoms with van der Waals surface area (Å²) in [5, 5.41) is 11.5. The molecule has 0 atom stereocenters. The summed E-state index contributed by atoms with van der Waals surface area (Å²) in [4.78, 5) is 11.5. The molecular weight excluding hydrogens is 226 g/mol. The summed E-state index contributed by atoms with van der Waals surface area (Å²) in [6.45, 7) is 0.443. The van der Waals surface area contributed by atoms with Gasteiger partial charge in [0, 0.05) is 18.5 Å². The summed E-state index contributed by atoms with van der Waals surface area (Å²) in [6, 6.07) is 7.67. The van der Waals surface area contributed by atoms with Crippen LogP contribution in [0.4, 0.5) is 0 Å². The molecule has 1 saturated carbocycles. The van der Waals surface area contributed by atoms with E-state index in [1.807, 2.05) is 24.3 Å². The van der Waals surface area contributed by atoms with Gasteiger partial charge in [-0.3, -0.25) is 4.79 Å². The molecule has 3 nitrogen and oxygen atoms in total. The lowest BCUT2D eigenvalue weighted by atomic mass is 10.1. The van der Waals surface area contributed by atoms with Gasteiger partial charge in [0.05, 0.1) is 0 Å². The maximum Gasteiger partial charge on any atom is 0.220 e. The molecule has 2 N–H and O–H groups in total. The number of amides is 1. The molecule has 0 heterocycles. The summed E-state index contributed by atoms with van der Waals surface area (Å²) in [5.74, 6) is 6.20. The van der Waals surface area contributed by atoms with Crippen molar-refractivity contribution in [1.29, 1.82) is 0 Å². The minimum atomic E-state index is -0.126. The average molecular weight is 243 g/mol. The first-order chi connectivity index (χ1) is 8.78. The third kappa shape index (κ3) is 4.23. The summed E-state index contributed by atoms with van der Waals surface area (Å²) >= 11 is 0. The van der Waals surface area contributed by atoms with Crippen molar-refractivity contribution in [1.82, 2.24) is 5.32 Å². The van der Waals surface area contributed by atoms with Crippen LogP contribution in [0, 0.1) is 17.8 Å². The molecule has 0 aromatic heterocycles. The van der Waals surface area contributed by atoms with E-state index in [1.54, 1.807) is 0 Å². The quantitative estimate of drug-likeness (QED) is 0.786. The Kier molecular flexibility index (Phi) is 4.38. The number of nitrogens with one attached hydrogen (secondary N) is 1. The first kappa shape index (κ1) is 12.7. The fourth-order valence-electron chi connectivity index (χ4n) is 1.70. The van der Waals surface area contributed by atoms with Gasteiger partial charge in [-0.15, -0.1) is 0 Å². The summed E-state index contributed by atoms with van der Waals surface area (Å²) < 4.78 is 0. The normalized spacial score (nSPS) is 13.6. The Balaban J connectivity index is 1.80. The van der Waals surface area contributed by atoms with Gasteiger partial charge >= 0.3 is 0 Å². The molecule has 0 radical (unpaired) electrons. The second-order valence-electron chi connectivity index (χ2n) is 4.58. The Bertz CT molecular complexity index is 464. The van der Waals surface area contributed by atoms with Crippen LogP contribution in [0.15, 0.2) is 24.3 Å². The van der Waals surface area contributed by atoms with E-state index in [4.69, 9.17) is 5.11 Å².